The van der Waals surface area contributed by atoms with Gasteiger partial charge >= 0.3 is 0 Å². The highest BCUT2D eigenvalue weighted by molar-refractivity contribution is 7.91. The third-order valence-electron chi connectivity index (χ3n) is 3.49. The van der Waals surface area contributed by atoms with Gasteiger partial charge in [0, 0.05) is 6.42 Å². The van der Waals surface area contributed by atoms with E-state index >= 15 is 0 Å². The molecule has 0 unspecified atom stereocenters. The predicted molar refractivity (Wildman–Crippen MR) is 88.2 cm³/mol. The first kappa shape index (κ1) is 17.2. The van der Waals surface area contributed by atoms with Crippen LogP contribution >= 0.6 is 23.2 Å². The molecule has 1 heterocycles. The highest BCUT2D eigenvalue weighted by Gasteiger charge is 2.29. The number of carbonyl (C=O) groups excluding carboxylic acids is 1. The molecule has 0 radical (unpaired) electrons. The van der Waals surface area contributed by atoms with Gasteiger partial charge in [0.15, 0.2) is 9.84 Å². The summed E-state index contributed by atoms with van der Waals surface area (Å²) in [5.41, 5.74) is 3.78. The van der Waals surface area contributed by atoms with Crippen molar-refractivity contribution in [1.82, 2.24) is 5.43 Å². The first-order valence-electron chi connectivity index (χ1n) is 6.76. The minimum Gasteiger partial charge on any atom is -0.273 e. The number of nitrogens with one attached hydrogen (secondary N) is 1. The van der Waals surface area contributed by atoms with Crippen molar-refractivity contribution in [2.75, 3.05) is 11.5 Å². The standard InChI is InChI=1S/C14H16Cl2N2O3S/c1-9(11-2-3-12(15)13(16)7-11)17-18-14(19)6-10-4-5-22(20,21)8-10/h2-3,7,10H,4-6,8H2,1H3,(H,18,19)/b17-9-/t10-/m1/s1. The summed E-state index contributed by atoms with van der Waals surface area (Å²) in [4.78, 5) is 11.8. The van der Waals surface area contributed by atoms with Crippen LogP contribution in [0.5, 0.6) is 0 Å². The molecule has 0 spiro atoms. The summed E-state index contributed by atoms with van der Waals surface area (Å²) >= 11 is 11.8. The van der Waals surface area contributed by atoms with E-state index in [9.17, 15) is 13.2 Å². The quantitative estimate of drug-likeness (QED) is 0.660. The molecule has 22 heavy (non-hydrogen) atoms. The van der Waals surface area contributed by atoms with Crippen LogP contribution in [0.1, 0.15) is 25.3 Å². The van der Waals surface area contributed by atoms with E-state index in [1.807, 2.05) is 0 Å². The van der Waals surface area contributed by atoms with E-state index in [4.69, 9.17) is 23.2 Å². The molecule has 1 fully saturated rings. The van der Waals surface area contributed by atoms with Gasteiger partial charge in [-0.25, -0.2) is 13.8 Å². The Bertz CT molecular complexity index is 717. The predicted octanol–water partition coefficient (Wildman–Crippen LogP) is 2.66. The Kier molecular flexibility index (Phi) is 5.47. The van der Waals surface area contributed by atoms with Crippen LogP contribution < -0.4 is 5.43 Å². The Morgan fingerprint density at radius 2 is 2.09 bits per heavy atom. The third kappa shape index (κ3) is 4.69. The molecule has 1 N–H and O–H groups in total. The Morgan fingerprint density at radius 3 is 2.68 bits per heavy atom. The Hall–Kier alpha value is -1.11. The molecule has 1 saturated heterocycles. The summed E-state index contributed by atoms with van der Waals surface area (Å²) in [5, 5.41) is 4.87. The van der Waals surface area contributed by atoms with Crippen LogP contribution in [-0.2, 0) is 14.6 Å². The van der Waals surface area contributed by atoms with Crippen LogP contribution in [0.3, 0.4) is 0 Å². The molecule has 120 valence electrons. The third-order valence-corrected chi connectivity index (χ3v) is 6.06. The van der Waals surface area contributed by atoms with Gasteiger partial charge < -0.3 is 0 Å². The maximum atomic E-state index is 11.8. The number of carbonyl (C=O) groups is 1. The lowest BCUT2D eigenvalue weighted by molar-refractivity contribution is -0.121. The van der Waals surface area contributed by atoms with E-state index in [2.05, 4.69) is 10.5 Å². The highest BCUT2D eigenvalue weighted by atomic mass is 35.5. The number of rotatable bonds is 4. The van der Waals surface area contributed by atoms with E-state index in [0.717, 1.165) is 5.56 Å². The van der Waals surface area contributed by atoms with Gasteiger partial charge in [-0.05, 0) is 37.0 Å². The maximum absolute atomic E-state index is 11.8. The van der Waals surface area contributed by atoms with Crippen molar-refractivity contribution in [3.63, 3.8) is 0 Å². The summed E-state index contributed by atoms with van der Waals surface area (Å²) in [6, 6.07) is 5.07. The smallest absolute Gasteiger partial charge is 0.240 e. The van der Waals surface area contributed by atoms with Gasteiger partial charge in [0.05, 0.1) is 27.3 Å². The summed E-state index contributed by atoms with van der Waals surface area (Å²) < 4.78 is 22.7. The van der Waals surface area contributed by atoms with Crippen LogP contribution in [0.25, 0.3) is 0 Å². The Balaban J connectivity index is 1.93. The van der Waals surface area contributed by atoms with Gasteiger partial charge in [0.2, 0.25) is 5.91 Å². The minimum atomic E-state index is -2.97. The molecule has 1 aromatic carbocycles. The topological polar surface area (TPSA) is 75.6 Å². The van der Waals surface area contributed by atoms with Crippen molar-refractivity contribution in [3.8, 4) is 0 Å². The summed E-state index contributed by atoms with van der Waals surface area (Å²) in [6.07, 6.45) is 0.697. The van der Waals surface area contributed by atoms with Crippen molar-refractivity contribution >= 4 is 44.7 Å². The Morgan fingerprint density at radius 1 is 1.36 bits per heavy atom. The van der Waals surface area contributed by atoms with E-state index in [-0.39, 0.29) is 29.8 Å². The zero-order valence-corrected chi connectivity index (χ0v) is 14.3. The number of hydrogen-bond acceptors (Lipinski definition) is 4. The van der Waals surface area contributed by atoms with Gasteiger partial charge in [-0.15, -0.1) is 0 Å². The molecular formula is C14H16Cl2N2O3S. The largest absolute Gasteiger partial charge is 0.273 e. The number of benzene rings is 1. The fourth-order valence-corrected chi connectivity index (χ4v) is 4.43. The van der Waals surface area contributed by atoms with Gasteiger partial charge in [-0.3, -0.25) is 4.79 Å². The first-order chi connectivity index (χ1) is 10.3. The molecule has 0 saturated carbocycles. The molecular weight excluding hydrogens is 347 g/mol. The van der Waals surface area contributed by atoms with Crippen molar-refractivity contribution in [2.24, 2.45) is 11.0 Å². The Labute approximate surface area is 139 Å². The number of hydrazone groups is 1. The fraction of sp³-hybridized carbons (Fsp3) is 0.429. The van der Waals surface area contributed by atoms with Crippen LogP contribution in [-0.4, -0.2) is 31.5 Å². The summed E-state index contributed by atoms with van der Waals surface area (Å²) in [5.74, 6) is -0.168. The zero-order chi connectivity index (χ0) is 16.3. The van der Waals surface area contributed by atoms with Crippen LogP contribution in [0.4, 0.5) is 0 Å². The average molecular weight is 363 g/mol. The molecule has 2 rings (SSSR count). The number of sulfone groups is 1. The van der Waals surface area contributed by atoms with Crippen LogP contribution in [0.2, 0.25) is 10.0 Å². The second-order valence-corrected chi connectivity index (χ2v) is 8.38. The van der Waals surface area contributed by atoms with Gasteiger partial charge in [-0.2, -0.15) is 5.10 Å². The molecule has 5 nitrogen and oxygen atoms in total. The molecule has 1 aromatic rings. The molecule has 0 aromatic heterocycles. The highest BCUT2D eigenvalue weighted by Crippen LogP contribution is 2.23. The van der Waals surface area contributed by atoms with Crippen LogP contribution in [0, 0.1) is 5.92 Å². The minimum absolute atomic E-state index is 0.0793. The number of hydrogen-bond donors (Lipinski definition) is 1. The normalized spacial score (nSPS) is 20.9. The van der Waals surface area contributed by atoms with Crippen molar-refractivity contribution < 1.29 is 13.2 Å². The molecule has 0 bridgehead atoms. The van der Waals surface area contributed by atoms with E-state index in [0.29, 0.717) is 22.2 Å². The maximum Gasteiger partial charge on any atom is 0.240 e. The molecule has 1 aliphatic rings. The fourth-order valence-electron chi connectivity index (χ4n) is 2.27. The van der Waals surface area contributed by atoms with E-state index < -0.39 is 9.84 Å². The van der Waals surface area contributed by atoms with Crippen molar-refractivity contribution in [2.45, 2.75) is 19.8 Å². The molecule has 8 heteroatoms. The monoisotopic (exact) mass is 362 g/mol. The second-order valence-electron chi connectivity index (χ2n) is 5.33. The SMILES string of the molecule is C/C(=N/NC(=O)C[C@H]1CCS(=O)(=O)C1)c1ccc(Cl)c(Cl)c1. The molecule has 0 aliphatic carbocycles. The zero-order valence-electron chi connectivity index (χ0n) is 12.0. The molecule has 1 aliphatic heterocycles. The average Bonchev–Trinajstić information content (AvgIpc) is 2.78. The van der Waals surface area contributed by atoms with Crippen molar-refractivity contribution in [3.05, 3.63) is 33.8 Å². The first-order valence-corrected chi connectivity index (χ1v) is 9.33. The molecule has 1 amide bonds. The van der Waals surface area contributed by atoms with Crippen LogP contribution in [0.15, 0.2) is 23.3 Å². The molecule has 1 atom stereocenters. The lowest BCUT2D eigenvalue weighted by atomic mass is 10.1. The second kappa shape index (κ2) is 6.98. The van der Waals surface area contributed by atoms with Gasteiger partial charge in [0.1, 0.15) is 0 Å². The van der Waals surface area contributed by atoms with E-state index in [1.54, 1.807) is 25.1 Å². The lowest BCUT2D eigenvalue weighted by Crippen LogP contribution is -2.22. The number of amides is 1. The van der Waals surface area contributed by atoms with E-state index in [1.165, 1.54) is 0 Å². The lowest BCUT2D eigenvalue weighted by Gasteiger charge is -2.07. The van der Waals surface area contributed by atoms with Gasteiger partial charge in [0.25, 0.3) is 0 Å². The van der Waals surface area contributed by atoms with Crippen molar-refractivity contribution in [1.29, 1.82) is 0 Å². The summed E-state index contributed by atoms with van der Waals surface area (Å²) in [6.45, 7) is 1.74. The summed E-state index contributed by atoms with van der Waals surface area (Å²) in [7, 11) is -2.97. The number of halogens is 2. The number of nitrogens with zero attached hydrogens (tertiary/aromatic N) is 1. The van der Waals surface area contributed by atoms with Gasteiger partial charge in [-0.1, -0.05) is 29.3 Å².